The maximum absolute atomic E-state index is 12.6. The summed E-state index contributed by atoms with van der Waals surface area (Å²) in [4.78, 5) is 12.6. The van der Waals surface area contributed by atoms with Gasteiger partial charge < -0.3 is 5.32 Å². The molecule has 4 rings (SSSR count). The molecule has 1 aliphatic rings. The molecule has 1 heterocycles. The monoisotopic (exact) mass is 395 g/mol. The van der Waals surface area contributed by atoms with Gasteiger partial charge in [-0.1, -0.05) is 52.9 Å². The number of nitrogens with one attached hydrogen (secondary N) is 1. The number of hydrogen-bond acceptors (Lipinski definition) is 6. The highest BCUT2D eigenvalue weighted by atomic mass is 32.2. The second-order valence-electron chi connectivity index (χ2n) is 6.77. The van der Waals surface area contributed by atoms with Gasteiger partial charge in [-0.25, -0.2) is 0 Å². The number of thioether (sulfide) groups is 1. The van der Waals surface area contributed by atoms with Crippen LogP contribution in [-0.4, -0.2) is 21.7 Å². The summed E-state index contributed by atoms with van der Waals surface area (Å²) < 4.78 is 0.802. The number of anilines is 2. The second kappa shape index (κ2) is 8.23. The molecular formula is C21H21N3OS2. The van der Waals surface area contributed by atoms with Crippen molar-refractivity contribution in [3.05, 3.63) is 64.7 Å². The van der Waals surface area contributed by atoms with Crippen LogP contribution in [0.25, 0.3) is 0 Å². The van der Waals surface area contributed by atoms with Crippen LogP contribution in [-0.2, 0) is 12.8 Å². The highest BCUT2D eigenvalue weighted by Gasteiger charge is 2.14. The van der Waals surface area contributed by atoms with Crippen LogP contribution in [0, 0.1) is 6.92 Å². The summed E-state index contributed by atoms with van der Waals surface area (Å²) in [5, 5.41) is 12.3. The molecule has 0 unspecified atom stereocenters. The summed E-state index contributed by atoms with van der Waals surface area (Å²) in [5.74, 6) is 0.537. The number of fused-ring (bicyclic) bond motifs is 1. The number of aromatic nitrogens is 2. The van der Waals surface area contributed by atoms with Crippen LogP contribution in [0.15, 0.2) is 46.8 Å². The SMILES string of the molecule is Cc1ccc(Nc2nnc(SCC(=O)c3ccc4c(c3)CCCC4)s2)cc1. The highest BCUT2D eigenvalue weighted by molar-refractivity contribution is 8.01. The molecule has 0 amide bonds. The van der Waals surface area contributed by atoms with Gasteiger partial charge in [-0.2, -0.15) is 0 Å². The molecule has 1 aromatic heterocycles. The molecule has 4 nitrogen and oxygen atoms in total. The van der Waals surface area contributed by atoms with Crippen molar-refractivity contribution in [2.24, 2.45) is 0 Å². The maximum atomic E-state index is 12.6. The number of benzene rings is 2. The molecule has 138 valence electrons. The number of carbonyl (C=O) groups is 1. The zero-order chi connectivity index (χ0) is 18.6. The first-order chi connectivity index (χ1) is 13.2. The third-order valence-corrected chi connectivity index (χ3v) is 6.68. The first-order valence-corrected chi connectivity index (χ1v) is 10.9. The fourth-order valence-electron chi connectivity index (χ4n) is 3.20. The van der Waals surface area contributed by atoms with E-state index >= 15 is 0 Å². The Labute approximate surface area is 167 Å². The van der Waals surface area contributed by atoms with Crippen molar-refractivity contribution in [2.75, 3.05) is 11.1 Å². The van der Waals surface area contributed by atoms with Gasteiger partial charge in [0.2, 0.25) is 5.13 Å². The van der Waals surface area contributed by atoms with Crippen molar-refractivity contribution in [1.82, 2.24) is 10.2 Å². The smallest absolute Gasteiger partial charge is 0.210 e. The van der Waals surface area contributed by atoms with E-state index in [0.29, 0.717) is 5.75 Å². The number of hydrogen-bond donors (Lipinski definition) is 1. The van der Waals surface area contributed by atoms with E-state index in [0.717, 1.165) is 33.6 Å². The standard InChI is InChI=1S/C21H21N3OS2/c1-14-6-10-18(11-7-14)22-20-23-24-21(27-20)26-13-19(25)17-9-8-15-4-2-3-5-16(15)12-17/h6-12H,2-5,13H2,1H3,(H,22,23). The van der Waals surface area contributed by atoms with Crippen LogP contribution in [0.2, 0.25) is 0 Å². The normalized spacial score (nSPS) is 13.2. The summed E-state index contributed by atoms with van der Waals surface area (Å²) in [5.41, 5.74) is 5.76. The number of aryl methyl sites for hydroxylation is 3. The molecule has 0 bridgehead atoms. The summed E-state index contributed by atoms with van der Waals surface area (Å²) in [7, 11) is 0. The first-order valence-electron chi connectivity index (χ1n) is 9.12. The fourth-order valence-corrected chi connectivity index (χ4v) is 4.86. The molecule has 1 N–H and O–H groups in total. The van der Waals surface area contributed by atoms with E-state index in [1.165, 1.54) is 52.6 Å². The van der Waals surface area contributed by atoms with E-state index < -0.39 is 0 Å². The Morgan fingerprint density at radius 1 is 1.07 bits per heavy atom. The molecule has 3 aromatic rings. The summed E-state index contributed by atoms with van der Waals surface area (Å²) in [6.45, 7) is 2.06. The van der Waals surface area contributed by atoms with E-state index in [1.54, 1.807) is 0 Å². The van der Waals surface area contributed by atoms with Gasteiger partial charge in [0.15, 0.2) is 10.1 Å². The zero-order valence-corrected chi connectivity index (χ0v) is 16.8. The molecule has 0 spiro atoms. The third-order valence-electron chi connectivity index (χ3n) is 4.71. The molecule has 6 heteroatoms. The summed E-state index contributed by atoms with van der Waals surface area (Å²) in [6, 6.07) is 14.3. The predicted molar refractivity (Wildman–Crippen MR) is 113 cm³/mol. The van der Waals surface area contributed by atoms with Gasteiger partial charge >= 0.3 is 0 Å². The Kier molecular flexibility index (Phi) is 5.55. The average molecular weight is 396 g/mol. The lowest BCUT2D eigenvalue weighted by Crippen LogP contribution is -2.07. The van der Waals surface area contributed by atoms with Crippen molar-refractivity contribution in [2.45, 2.75) is 36.9 Å². The number of carbonyl (C=O) groups excluding carboxylic acids is 1. The van der Waals surface area contributed by atoms with Crippen molar-refractivity contribution < 1.29 is 4.79 Å². The number of nitrogens with zero attached hydrogens (tertiary/aromatic N) is 2. The molecule has 0 fully saturated rings. The molecule has 0 saturated carbocycles. The minimum Gasteiger partial charge on any atom is -0.330 e. The number of ketones is 1. The minimum atomic E-state index is 0.150. The van der Waals surface area contributed by atoms with E-state index in [2.05, 4.69) is 46.7 Å². The van der Waals surface area contributed by atoms with Gasteiger partial charge in [-0.15, -0.1) is 10.2 Å². The van der Waals surface area contributed by atoms with Crippen molar-refractivity contribution in [1.29, 1.82) is 0 Å². The fraction of sp³-hybridized carbons (Fsp3) is 0.286. The minimum absolute atomic E-state index is 0.150. The van der Waals surface area contributed by atoms with Gasteiger partial charge in [-0.3, -0.25) is 4.79 Å². The summed E-state index contributed by atoms with van der Waals surface area (Å²) in [6.07, 6.45) is 4.71. The van der Waals surface area contributed by atoms with Crippen molar-refractivity contribution in [3.63, 3.8) is 0 Å². The van der Waals surface area contributed by atoms with Crippen molar-refractivity contribution in [3.8, 4) is 0 Å². The number of Topliss-reactive ketones (excluding diaryl/α,β-unsaturated/α-hetero) is 1. The quantitative estimate of drug-likeness (QED) is 0.445. The van der Waals surface area contributed by atoms with Gasteiger partial charge in [0, 0.05) is 11.3 Å². The molecule has 0 atom stereocenters. The molecular weight excluding hydrogens is 374 g/mol. The largest absolute Gasteiger partial charge is 0.330 e. The molecule has 1 aliphatic carbocycles. The van der Waals surface area contributed by atoms with E-state index in [4.69, 9.17) is 0 Å². The lowest BCUT2D eigenvalue weighted by molar-refractivity contribution is 0.102. The Morgan fingerprint density at radius 3 is 2.67 bits per heavy atom. The van der Waals surface area contributed by atoms with E-state index in [9.17, 15) is 4.79 Å². The lowest BCUT2D eigenvalue weighted by atomic mass is 9.90. The molecule has 0 saturated heterocycles. The second-order valence-corrected chi connectivity index (χ2v) is 8.97. The van der Waals surface area contributed by atoms with Gasteiger partial charge in [0.25, 0.3) is 0 Å². The van der Waals surface area contributed by atoms with Crippen LogP contribution < -0.4 is 5.32 Å². The average Bonchev–Trinajstić information content (AvgIpc) is 3.15. The first kappa shape index (κ1) is 18.2. The molecule has 2 aromatic carbocycles. The topological polar surface area (TPSA) is 54.9 Å². The van der Waals surface area contributed by atoms with Crippen LogP contribution in [0.5, 0.6) is 0 Å². The number of rotatable bonds is 6. The molecule has 0 radical (unpaired) electrons. The Morgan fingerprint density at radius 2 is 1.85 bits per heavy atom. The summed E-state index contributed by atoms with van der Waals surface area (Å²) >= 11 is 2.92. The highest BCUT2D eigenvalue weighted by Crippen LogP contribution is 2.29. The maximum Gasteiger partial charge on any atom is 0.210 e. The third kappa shape index (κ3) is 4.57. The van der Waals surface area contributed by atoms with Gasteiger partial charge in [0.1, 0.15) is 0 Å². The predicted octanol–water partition coefficient (Wildman–Crippen LogP) is 5.44. The Bertz CT molecular complexity index is 950. The van der Waals surface area contributed by atoms with Crippen LogP contribution in [0.4, 0.5) is 10.8 Å². The van der Waals surface area contributed by atoms with Gasteiger partial charge in [0.05, 0.1) is 5.75 Å². The Balaban J connectivity index is 1.35. The van der Waals surface area contributed by atoms with Crippen LogP contribution in [0.3, 0.4) is 0 Å². The van der Waals surface area contributed by atoms with Crippen LogP contribution in [0.1, 0.15) is 39.9 Å². The molecule has 0 aliphatic heterocycles. The zero-order valence-electron chi connectivity index (χ0n) is 15.2. The van der Waals surface area contributed by atoms with E-state index in [1.807, 2.05) is 18.2 Å². The van der Waals surface area contributed by atoms with Gasteiger partial charge in [-0.05, 0) is 61.9 Å². The Hall–Kier alpha value is -2.18. The van der Waals surface area contributed by atoms with E-state index in [-0.39, 0.29) is 5.78 Å². The molecule has 27 heavy (non-hydrogen) atoms. The van der Waals surface area contributed by atoms with Crippen molar-refractivity contribution >= 4 is 39.7 Å². The lowest BCUT2D eigenvalue weighted by Gasteiger charge is -2.16. The van der Waals surface area contributed by atoms with Crippen LogP contribution >= 0.6 is 23.1 Å².